The number of likely N-dealkylation sites (tertiary alicyclic amines) is 1. The van der Waals surface area contributed by atoms with Gasteiger partial charge in [0.25, 0.3) is 0 Å². The van der Waals surface area contributed by atoms with Crippen molar-refractivity contribution in [2.45, 2.75) is 65.0 Å². The first kappa shape index (κ1) is 22.2. The third kappa shape index (κ3) is 4.18. The minimum Gasteiger partial charge on any atom is -0.493 e. The first-order valence-electron chi connectivity index (χ1n) is 11.5. The third-order valence-corrected chi connectivity index (χ3v) is 6.56. The summed E-state index contributed by atoms with van der Waals surface area (Å²) in [5.41, 5.74) is 4.00. The van der Waals surface area contributed by atoms with Crippen molar-refractivity contribution in [1.29, 1.82) is 0 Å². The summed E-state index contributed by atoms with van der Waals surface area (Å²) in [5, 5.41) is 13.8. The van der Waals surface area contributed by atoms with Gasteiger partial charge < -0.3 is 19.6 Å². The van der Waals surface area contributed by atoms with E-state index in [1.165, 1.54) is 4.90 Å². The number of aromatic nitrogens is 2. The smallest absolute Gasteiger partial charge is 0.407 e. The minimum atomic E-state index is -0.856. The number of rotatable bonds is 5. The number of ether oxygens (including phenoxy) is 1. The largest absolute Gasteiger partial charge is 0.493 e. The van der Waals surface area contributed by atoms with E-state index in [4.69, 9.17) is 4.74 Å². The van der Waals surface area contributed by atoms with Gasteiger partial charge in [0.05, 0.1) is 24.5 Å². The number of nitrogens with zero attached hydrogens (tertiary/aromatic N) is 4. The molecule has 0 bridgehead atoms. The van der Waals surface area contributed by atoms with Gasteiger partial charge in [-0.1, -0.05) is 6.92 Å². The molecule has 3 heterocycles. The van der Waals surface area contributed by atoms with Crippen LogP contribution in [0, 0.1) is 0 Å². The zero-order valence-electron chi connectivity index (χ0n) is 19.1. The molecule has 0 spiro atoms. The van der Waals surface area contributed by atoms with Crippen LogP contribution in [0.1, 0.15) is 58.1 Å². The molecule has 1 saturated heterocycles. The van der Waals surface area contributed by atoms with Crippen LogP contribution in [-0.2, 0) is 11.2 Å². The fourth-order valence-corrected chi connectivity index (χ4v) is 4.88. The molecular formula is C24H32N4O4. The molecule has 2 aliphatic heterocycles. The highest BCUT2D eigenvalue weighted by molar-refractivity contribution is 5.95. The Hall–Kier alpha value is -3.03. The van der Waals surface area contributed by atoms with Crippen molar-refractivity contribution in [2.75, 3.05) is 24.6 Å². The summed E-state index contributed by atoms with van der Waals surface area (Å²) >= 11 is 0. The molecule has 0 radical (unpaired) electrons. The van der Waals surface area contributed by atoms with Crippen LogP contribution in [0.3, 0.4) is 0 Å². The van der Waals surface area contributed by atoms with Gasteiger partial charge in [-0.25, -0.2) is 4.79 Å². The van der Waals surface area contributed by atoms with Crippen LogP contribution >= 0.6 is 0 Å². The molecule has 2 amide bonds. The van der Waals surface area contributed by atoms with Crippen molar-refractivity contribution in [2.24, 2.45) is 0 Å². The Bertz CT molecular complexity index is 994. The number of hydrogen-bond donors (Lipinski definition) is 1. The van der Waals surface area contributed by atoms with E-state index in [2.05, 4.69) is 18.9 Å². The summed E-state index contributed by atoms with van der Waals surface area (Å²) in [4.78, 5) is 26.8. The monoisotopic (exact) mass is 440 g/mol. The summed E-state index contributed by atoms with van der Waals surface area (Å²) < 4.78 is 8.21. The zero-order chi connectivity index (χ0) is 22.8. The van der Waals surface area contributed by atoms with Gasteiger partial charge in [0.2, 0.25) is 5.91 Å². The van der Waals surface area contributed by atoms with E-state index in [1.807, 2.05) is 34.1 Å². The molecule has 4 rings (SSSR count). The van der Waals surface area contributed by atoms with Gasteiger partial charge in [0.15, 0.2) is 0 Å². The number of fused-ring (bicyclic) bond motifs is 1. The van der Waals surface area contributed by atoms with Gasteiger partial charge in [0, 0.05) is 48.9 Å². The Morgan fingerprint density at radius 3 is 2.62 bits per heavy atom. The second-order valence-electron chi connectivity index (χ2n) is 8.77. The second-order valence-corrected chi connectivity index (χ2v) is 8.77. The maximum Gasteiger partial charge on any atom is 0.407 e. The molecule has 1 aromatic heterocycles. The van der Waals surface area contributed by atoms with Crippen LogP contribution in [0.2, 0.25) is 0 Å². The molecule has 8 heteroatoms. The average molecular weight is 441 g/mol. The van der Waals surface area contributed by atoms with E-state index in [0.29, 0.717) is 19.7 Å². The van der Waals surface area contributed by atoms with Crippen LogP contribution in [-0.4, -0.2) is 57.5 Å². The lowest BCUT2D eigenvalue weighted by Crippen LogP contribution is -2.40. The molecule has 32 heavy (non-hydrogen) atoms. The van der Waals surface area contributed by atoms with E-state index in [0.717, 1.165) is 60.2 Å². The number of carbonyl (C=O) groups excluding carboxylic acids is 1. The van der Waals surface area contributed by atoms with Crippen molar-refractivity contribution in [3.8, 4) is 16.9 Å². The van der Waals surface area contributed by atoms with Gasteiger partial charge >= 0.3 is 6.09 Å². The van der Waals surface area contributed by atoms with E-state index in [1.54, 1.807) is 6.92 Å². The standard InChI is InChI=1S/C24H32N4O4/c1-4-13-32-23-20(7-8-22-21(23)6-5-16(2)28(22)17(3)29)18-14-25-27(15-18)19-9-11-26(12-10-19)24(30)31/h7-8,14-16,19H,4-6,9-13H2,1-3H3,(H,30,31)/t16-/m0/s1. The summed E-state index contributed by atoms with van der Waals surface area (Å²) in [7, 11) is 0. The van der Waals surface area contributed by atoms with Crippen molar-refractivity contribution in [1.82, 2.24) is 14.7 Å². The van der Waals surface area contributed by atoms with Gasteiger partial charge in [-0.15, -0.1) is 0 Å². The van der Waals surface area contributed by atoms with E-state index in [9.17, 15) is 14.7 Å². The van der Waals surface area contributed by atoms with E-state index in [-0.39, 0.29) is 18.0 Å². The van der Waals surface area contributed by atoms with E-state index >= 15 is 0 Å². The zero-order valence-corrected chi connectivity index (χ0v) is 19.1. The summed E-state index contributed by atoms with van der Waals surface area (Å²) in [6.45, 7) is 7.45. The summed E-state index contributed by atoms with van der Waals surface area (Å²) in [5.74, 6) is 0.899. The second kappa shape index (κ2) is 9.22. The van der Waals surface area contributed by atoms with Crippen LogP contribution < -0.4 is 9.64 Å². The fourth-order valence-electron chi connectivity index (χ4n) is 4.88. The number of piperidine rings is 1. The van der Waals surface area contributed by atoms with E-state index < -0.39 is 6.09 Å². The topological polar surface area (TPSA) is 87.9 Å². The average Bonchev–Trinajstić information content (AvgIpc) is 3.27. The van der Waals surface area contributed by atoms with Crippen LogP contribution in [0.15, 0.2) is 24.5 Å². The number of carbonyl (C=O) groups is 2. The molecule has 0 saturated carbocycles. The first-order valence-corrected chi connectivity index (χ1v) is 11.5. The predicted octanol–water partition coefficient (Wildman–Crippen LogP) is 4.34. The van der Waals surface area contributed by atoms with Crippen LogP contribution in [0.4, 0.5) is 10.5 Å². The molecule has 8 nitrogen and oxygen atoms in total. The lowest BCUT2D eigenvalue weighted by molar-refractivity contribution is -0.117. The molecule has 1 aromatic carbocycles. The Kier molecular flexibility index (Phi) is 6.39. The molecule has 1 N–H and O–H groups in total. The molecule has 1 atom stereocenters. The molecule has 1 fully saturated rings. The lowest BCUT2D eigenvalue weighted by atomic mass is 9.92. The highest BCUT2D eigenvalue weighted by Crippen LogP contribution is 2.43. The van der Waals surface area contributed by atoms with Crippen molar-refractivity contribution < 1.29 is 19.4 Å². The highest BCUT2D eigenvalue weighted by Gasteiger charge is 2.30. The third-order valence-electron chi connectivity index (χ3n) is 6.56. The Labute approximate surface area is 188 Å². The van der Waals surface area contributed by atoms with Gasteiger partial charge in [0.1, 0.15) is 5.75 Å². The Morgan fingerprint density at radius 2 is 1.97 bits per heavy atom. The van der Waals surface area contributed by atoms with Gasteiger partial charge in [-0.3, -0.25) is 9.48 Å². The van der Waals surface area contributed by atoms with Gasteiger partial charge in [-0.2, -0.15) is 5.10 Å². The lowest BCUT2D eigenvalue weighted by Gasteiger charge is -2.36. The number of benzene rings is 1. The molecule has 0 aliphatic carbocycles. The highest BCUT2D eigenvalue weighted by atomic mass is 16.5. The Balaban J connectivity index is 1.66. The number of hydrogen-bond acceptors (Lipinski definition) is 4. The van der Waals surface area contributed by atoms with Crippen molar-refractivity contribution in [3.05, 3.63) is 30.1 Å². The SMILES string of the molecule is CCCOc1c(-c2cnn(C3CCN(C(=O)O)CC3)c2)ccc2c1CC[C@H](C)N2C(C)=O. The van der Waals surface area contributed by atoms with Crippen LogP contribution in [0.5, 0.6) is 5.75 Å². The number of anilines is 1. The quantitative estimate of drug-likeness (QED) is 0.747. The normalized spacial score (nSPS) is 19.0. The minimum absolute atomic E-state index is 0.0492. The summed E-state index contributed by atoms with van der Waals surface area (Å²) in [6.07, 6.45) is 7.22. The number of carboxylic acid groups (broad SMARTS) is 1. The molecular weight excluding hydrogens is 408 g/mol. The molecule has 172 valence electrons. The molecule has 0 unspecified atom stereocenters. The van der Waals surface area contributed by atoms with Gasteiger partial charge in [-0.05, 0) is 51.2 Å². The first-order chi connectivity index (χ1) is 15.4. The fraction of sp³-hybridized carbons (Fsp3) is 0.542. The maximum absolute atomic E-state index is 12.3. The predicted molar refractivity (Wildman–Crippen MR) is 122 cm³/mol. The van der Waals surface area contributed by atoms with Crippen molar-refractivity contribution >= 4 is 17.7 Å². The van der Waals surface area contributed by atoms with Crippen molar-refractivity contribution in [3.63, 3.8) is 0 Å². The molecule has 2 aromatic rings. The summed E-state index contributed by atoms with van der Waals surface area (Å²) in [6, 6.07) is 4.42. The molecule has 2 aliphatic rings. The Morgan fingerprint density at radius 1 is 1.22 bits per heavy atom. The van der Waals surface area contributed by atoms with Crippen LogP contribution in [0.25, 0.3) is 11.1 Å². The number of amides is 2. The maximum atomic E-state index is 12.3.